The van der Waals surface area contributed by atoms with Crippen molar-refractivity contribution < 1.29 is 22.6 Å². The number of nitrogens with one attached hydrogen (secondary N) is 2. The van der Waals surface area contributed by atoms with Crippen LogP contribution in [0.3, 0.4) is 0 Å². The van der Waals surface area contributed by atoms with E-state index in [1.54, 1.807) is 0 Å². The van der Waals surface area contributed by atoms with Gasteiger partial charge < -0.3 is 20.1 Å². The molecule has 2 aliphatic rings. The molecule has 4 rings (SSSR count). The van der Waals surface area contributed by atoms with Gasteiger partial charge >= 0.3 is 6.36 Å². The smallest absolute Gasteiger partial charge is 0.496 e. The van der Waals surface area contributed by atoms with Gasteiger partial charge in [0.15, 0.2) is 0 Å². The van der Waals surface area contributed by atoms with E-state index >= 15 is 0 Å². The van der Waals surface area contributed by atoms with E-state index in [0.717, 1.165) is 25.7 Å². The van der Waals surface area contributed by atoms with E-state index in [1.807, 2.05) is 13.0 Å². The monoisotopic (exact) mass is 492 g/mol. The van der Waals surface area contributed by atoms with Gasteiger partial charge in [0.2, 0.25) is 0 Å². The molecule has 0 amide bonds. The van der Waals surface area contributed by atoms with Crippen molar-refractivity contribution in [3.05, 3.63) is 59.7 Å². The number of hydrogen-bond donors (Lipinski definition) is 2. The summed E-state index contributed by atoms with van der Waals surface area (Å²) in [6.07, 6.45) is -0.503. The van der Waals surface area contributed by atoms with E-state index in [1.165, 1.54) is 30.9 Å². The molecule has 32 heavy (non-hydrogen) atoms. The molecule has 0 aromatic heterocycles. The Hall–Kier alpha value is -1.67. The maximum atomic E-state index is 12.7. The average Bonchev–Trinajstić information content (AvgIpc) is 3.08. The number of rotatable bonds is 6. The van der Waals surface area contributed by atoms with Crippen LogP contribution in [0.5, 0.6) is 11.5 Å². The summed E-state index contributed by atoms with van der Waals surface area (Å²) in [5.74, 6) is 0.291. The van der Waals surface area contributed by atoms with Gasteiger partial charge in [-0.2, -0.15) is 0 Å². The fraction of sp³-hybridized carbons (Fsp3) is 0.478. The minimum Gasteiger partial charge on any atom is -0.496 e. The van der Waals surface area contributed by atoms with Gasteiger partial charge in [0.05, 0.1) is 12.6 Å². The lowest BCUT2D eigenvalue weighted by Gasteiger charge is -2.44. The number of hydrogen-bond acceptors (Lipinski definition) is 4. The molecule has 2 heterocycles. The van der Waals surface area contributed by atoms with Crippen LogP contribution in [0.15, 0.2) is 48.5 Å². The number of ether oxygens (including phenoxy) is 2. The minimum absolute atomic E-state index is 0. The van der Waals surface area contributed by atoms with Crippen molar-refractivity contribution in [2.24, 2.45) is 0 Å². The first-order valence-electron chi connectivity index (χ1n) is 10.3. The van der Waals surface area contributed by atoms with Crippen LogP contribution in [0.4, 0.5) is 13.2 Å². The Labute approximate surface area is 199 Å². The molecule has 0 spiro atoms. The molecule has 4 nitrogen and oxygen atoms in total. The number of fused-ring (bicyclic) bond motifs is 2. The number of halogens is 5. The highest BCUT2D eigenvalue weighted by molar-refractivity contribution is 5.85. The highest BCUT2D eigenvalue weighted by Gasteiger charge is 2.49. The average molecular weight is 493 g/mol. The first kappa shape index (κ1) is 26.6. The predicted molar refractivity (Wildman–Crippen MR) is 123 cm³/mol. The number of piperidine rings is 1. The molecule has 2 fully saturated rings. The van der Waals surface area contributed by atoms with Gasteiger partial charge in [-0.05, 0) is 56.4 Å². The lowest BCUT2D eigenvalue weighted by atomic mass is 9.78. The summed E-state index contributed by atoms with van der Waals surface area (Å²) in [6.45, 7) is 1.95. The number of methoxy groups -OCH3 is 1. The van der Waals surface area contributed by atoms with Crippen molar-refractivity contribution >= 4 is 24.8 Å². The van der Waals surface area contributed by atoms with Crippen LogP contribution in [0.25, 0.3) is 0 Å². The van der Waals surface area contributed by atoms with Gasteiger partial charge in [-0.25, -0.2) is 0 Å². The Bertz CT molecular complexity index is 885. The van der Waals surface area contributed by atoms with E-state index < -0.39 is 6.36 Å². The van der Waals surface area contributed by atoms with Crippen LogP contribution in [0.1, 0.15) is 49.8 Å². The topological polar surface area (TPSA) is 42.5 Å². The molecule has 4 atom stereocenters. The third-order valence-corrected chi connectivity index (χ3v) is 6.39. The fourth-order valence-corrected chi connectivity index (χ4v) is 5.05. The van der Waals surface area contributed by atoms with Crippen LogP contribution in [-0.2, 0) is 5.54 Å². The summed E-state index contributed by atoms with van der Waals surface area (Å²) in [6, 6.07) is 15.1. The van der Waals surface area contributed by atoms with Crippen molar-refractivity contribution in [3.8, 4) is 11.5 Å². The van der Waals surface area contributed by atoms with Crippen molar-refractivity contribution in [1.29, 1.82) is 0 Å². The van der Waals surface area contributed by atoms with Gasteiger partial charge in [-0.3, -0.25) is 0 Å². The van der Waals surface area contributed by atoms with Crippen molar-refractivity contribution in [3.63, 3.8) is 0 Å². The molecule has 9 heteroatoms. The van der Waals surface area contributed by atoms with E-state index in [0.29, 0.717) is 17.4 Å². The summed E-state index contributed by atoms with van der Waals surface area (Å²) < 4.78 is 47.6. The Kier molecular flexibility index (Phi) is 8.73. The lowest BCUT2D eigenvalue weighted by Crippen LogP contribution is -2.59. The minimum atomic E-state index is -4.73. The number of alkyl halides is 3. The summed E-state index contributed by atoms with van der Waals surface area (Å²) in [4.78, 5) is 0. The summed E-state index contributed by atoms with van der Waals surface area (Å²) >= 11 is 0. The normalized spacial score (nSPS) is 25.3. The van der Waals surface area contributed by atoms with Crippen molar-refractivity contribution in [2.45, 2.75) is 62.6 Å². The third kappa shape index (κ3) is 5.45. The molecule has 0 radical (unpaired) electrons. The van der Waals surface area contributed by atoms with Gasteiger partial charge in [0, 0.05) is 23.7 Å². The van der Waals surface area contributed by atoms with E-state index in [9.17, 15) is 13.2 Å². The molecular formula is C23H29Cl2F3N2O2. The SMILES string of the molecule is COc1ccc(OC(F)(F)F)cc1C(C)NC1CCC2CCC1(c1ccccc1)N2.Cl.Cl. The Balaban J connectivity index is 0.00000181. The quantitative estimate of drug-likeness (QED) is 0.526. The first-order valence-corrected chi connectivity index (χ1v) is 10.3. The molecular weight excluding hydrogens is 464 g/mol. The highest BCUT2D eigenvalue weighted by atomic mass is 35.5. The number of benzene rings is 2. The van der Waals surface area contributed by atoms with Crippen LogP contribution >= 0.6 is 24.8 Å². The van der Waals surface area contributed by atoms with Crippen molar-refractivity contribution in [2.75, 3.05) is 7.11 Å². The second kappa shape index (κ2) is 10.5. The molecule has 4 unspecified atom stereocenters. The molecule has 178 valence electrons. The van der Waals surface area contributed by atoms with Gasteiger partial charge in [-0.15, -0.1) is 38.0 Å². The lowest BCUT2D eigenvalue weighted by molar-refractivity contribution is -0.274. The molecule has 2 bridgehead atoms. The molecule has 0 saturated carbocycles. The largest absolute Gasteiger partial charge is 0.573 e. The van der Waals surface area contributed by atoms with E-state index in [4.69, 9.17) is 4.74 Å². The van der Waals surface area contributed by atoms with Gasteiger partial charge in [0.1, 0.15) is 11.5 Å². The standard InChI is InChI=1S/C23H27F3N2O2.2ClH/c1-15(19-14-18(30-23(24,25)26)9-10-20(19)29-2)27-21-11-8-17-12-13-22(21,28-17)16-6-4-3-5-7-16;;/h3-7,9-10,14-15,17,21,27-28H,8,11-13H2,1-2H3;2*1H. The fourth-order valence-electron chi connectivity index (χ4n) is 5.05. The zero-order valence-corrected chi connectivity index (χ0v) is 19.6. The molecule has 2 aliphatic heterocycles. The van der Waals surface area contributed by atoms with E-state index in [-0.39, 0.29) is 48.2 Å². The maximum Gasteiger partial charge on any atom is 0.573 e. The van der Waals surface area contributed by atoms with Crippen LogP contribution in [-0.4, -0.2) is 25.6 Å². The molecule has 2 saturated heterocycles. The summed E-state index contributed by atoms with van der Waals surface area (Å²) in [5, 5.41) is 7.52. The van der Waals surface area contributed by atoms with Crippen LogP contribution < -0.4 is 20.1 Å². The Morgan fingerprint density at radius 1 is 1.06 bits per heavy atom. The molecule has 0 aliphatic carbocycles. The second-order valence-electron chi connectivity index (χ2n) is 8.19. The molecule has 2 aromatic rings. The summed E-state index contributed by atoms with van der Waals surface area (Å²) in [5.41, 5.74) is 1.71. The van der Waals surface area contributed by atoms with Gasteiger partial charge in [-0.1, -0.05) is 30.3 Å². The van der Waals surface area contributed by atoms with Crippen molar-refractivity contribution in [1.82, 2.24) is 10.6 Å². The van der Waals surface area contributed by atoms with E-state index in [2.05, 4.69) is 39.6 Å². The Morgan fingerprint density at radius 2 is 1.78 bits per heavy atom. The molecule has 2 N–H and O–H groups in total. The van der Waals surface area contributed by atoms with Gasteiger partial charge in [0.25, 0.3) is 0 Å². The Morgan fingerprint density at radius 3 is 2.44 bits per heavy atom. The highest BCUT2D eigenvalue weighted by Crippen LogP contribution is 2.44. The zero-order chi connectivity index (χ0) is 21.4. The zero-order valence-electron chi connectivity index (χ0n) is 17.9. The predicted octanol–water partition coefficient (Wildman–Crippen LogP) is 5.90. The first-order chi connectivity index (χ1) is 14.3. The second-order valence-corrected chi connectivity index (χ2v) is 8.19. The molecule has 2 aromatic carbocycles. The van der Waals surface area contributed by atoms with Crippen LogP contribution in [0.2, 0.25) is 0 Å². The third-order valence-electron chi connectivity index (χ3n) is 6.39. The maximum absolute atomic E-state index is 12.7. The van der Waals surface area contributed by atoms with Crippen LogP contribution in [0, 0.1) is 0 Å². The summed E-state index contributed by atoms with van der Waals surface area (Å²) in [7, 11) is 1.52.